The number of guanidine groups is 1. The minimum atomic E-state index is -1.70. The summed E-state index contributed by atoms with van der Waals surface area (Å²) in [6, 6.07) is -11.5. The number of amides is 11. The number of carbonyl (C=O) groups is 14. The van der Waals surface area contributed by atoms with Gasteiger partial charge in [-0.3, -0.25) is 72.1 Å². The van der Waals surface area contributed by atoms with E-state index in [4.69, 9.17) is 17.2 Å². The molecule has 0 aromatic carbocycles. The van der Waals surface area contributed by atoms with Crippen LogP contribution in [-0.2, 0) is 67.1 Å². The number of nitrogens with two attached hydrogens (primary N) is 3. The number of aliphatic hydroxyl groups is 2. The third kappa shape index (κ3) is 28.6. The molecule has 11 amide bonds. The Balaban J connectivity index is 5.97. The second-order valence-electron chi connectivity index (χ2n) is 17.4. The van der Waals surface area contributed by atoms with E-state index in [1.54, 1.807) is 6.92 Å². The molecule has 0 rings (SSSR count). The van der Waals surface area contributed by atoms with Crippen molar-refractivity contribution in [2.45, 2.75) is 152 Å². The number of hydrogen-bond acceptors (Lipinski definition) is 18. The Kier molecular flexibility index (Phi) is 32.8. The van der Waals surface area contributed by atoms with Gasteiger partial charge in [0.2, 0.25) is 65.0 Å². The van der Waals surface area contributed by atoms with Gasteiger partial charge in [-0.15, -0.1) is 0 Å². The Morgan fingerprint density at radius 2 is 0.756 bits per heavy atom. The molecule has 78 heavy (non-hydrogen) atoms. The predicted octanol–water partition coefficient (Wildman–Crippen LogP) is -8.97. The number of carbonyl (C=O) groups excluding carboxylic acids is 11. The highest BCUT2D eigenvalue weighted by molar-refractivity contribution is 5.98. The number of aliphatic carboxylic acids is 3. The molecule has 0 saturated carbocycles. The fourth-order valence-corrected chi connectivity index (χ4v) is 6.78. The molecule has 22 N–H and O–H groups in total. The highest BCUT2D eigenvalue weighted by atomic mass is 16.4. The third-order valence-electron chi connectivity index (χ3n) is 11.0. The van der Waals surface area contributed by atoms with E-state index in [2.05, 4.69) is 63.5 Å². The quantitative estimate of drug-likeness (QED) is 0.0154. The van der Waals surface area contributed by atoms with Crippen molar-refractivity contribution < 1.29 is 92.7 Å². The average molecular weight is 1120 g/mol. The lowest BCUT2D eigenvalue weighted by Gasteiger charge is -2.25. The van der Waals surface area contributed by atoms with Crippen molar-refractivity contribution >= 4 is 88.8 Å². The zero-order valence-corrected chi connectivity index (χ0v) is 43.8. The molecule has 0 aromatic rings. The van der Waals surface area contributed by atoms with Gasteiger partial charge in [-0.2, -0.15) is 0 Å². The first-order valence-electron chi connectivity index (χ1n) is 24.4. The molecule has 0 bridgehead atoms. The van der Waals surface area contributed by atoms with Crippen molar-refractivity contribution in [1.29, 1.82) is 0 Å². The van der Waals surface area contributed by atoms with E-state index >= 15 is 0 Å². The predicted molar refractivity (Wildman–Crippen MR) is 269 cm³/mol. The van der Waals surface area contributed by atoms with Crippen molar-refractivity contribution in [2.75, 3.05) is 33.2 Å². The first-order valence-corrected chi connectivity index (χ1v) is 24.4. The zero-order chi connectivity index (χ0) is 59.8. The van der Waals surface area contributed by atoms with E-state index in [0.29, 0.717) is 0 Å². The van der Waals surface area contributed by atoms with E-state index in [9.17, 15) is 92.7 Å². The largest absolute Gasteiger partial charge is 0.481 e. The molecule has 10 atom stereocenters. The van der Waals surface area contributed by atoms with Gasteiger partial charge in [0, 0.05) is 25.8 Å². The normalized spacial score (nSPS) is 14.6. The molecule has 0 aliphatic carbocycles. The lowest BCUT2D eigenvalue weighted by atomic mass is 10.1. The van der Waals surface area contributed by atoms with Gasteiger partial charge in [0.05, 0.1) is 31.8 Å². The molecule has 0 radical (unpaired) electrons. The standard InChI is InChI=1S/C44H75N15O19/c1-6-22(57-43(78)35(48-5)21(4)61)40(75)58-24(9-8-16-49-44(46)47)37(72)50-17-28(62)53-25(10-13-31(65)66)38(73)51-18-29(63)54-26(11-14-32(67)68)39(74)52-19-30(64)55-27(12-15-33(69)70)42(77)56-23(7-2)41(76)59-34(20(3)60)36(45)71/h20-27,34-35,48,60-61H,6-19H2,1-5H3,(H2,45,71)(H,50,72)(H,51,73)(H,52,74)(H,53,62)(H,54,63)(H,55,64)(H,56,77)(H,57,78)(H,58,75)(H,59,76)(H,65,66)(H,67,68)(H,69,70)(H4,46,47,49)/t20-,21-,22+,23+,24+,25+,26+,27+,34?,35?/m1/s1. The second-order valence-corrected chi connectivity index (χ2v) is 17.4. The maximum absolute atomic E-state index is 13.4. The summed E-state index contributed by atoms with van der Waals surface area (Å²) in [7, 11) is 1.42. The summed E-state index contributed by atoms with van der Waals surface area (Å²) in [5, 5.41) is 72.7. The number of carboxylic acids is 3. The van der Waals surface area contributed by atoms with E-state index in [-0.39, 0.29) is 38.2 Å². The van der Waals surface area contributed by atoms with Crippen LogP contribution in [0, 0.1) is 0 Å². The van der Waals surface area contributed by atoms with E-state index in [1.165, 1.54) is 27.8 Å². The maximum atomic E-state index is 13.4. The van der Waals surface area contributed by atoms with Crippen LogP contribution in [0.3, 0.4) is 0 Å². The van der Waals surface area contributed by atoms with Crippen molar-refractivity contribution in [3.8, 4) is 0 Å². The highest BCUT2D eigenvalue weighted by Crippen LogP contribution is 2.06. The Bertz CT molecular complexity index is 2160. The van der Waals surface area contributed by atoms with E-state index in [0.717, 1.165) is 0 Å². The van der Waals surface area contributed by atoms with Gasteiger partial charge in [-0.1, -0.05) is 13.8 Å². The monoisotopic (exact) mass is 1120 g/mol. The Labute approximate surface area is 447 Å². The number of nitrogens with zero attached hydrogens (tertiary/aromatic N) is 1. The van der Waals surface area contributed by atoms with E-state index < -0.39 is 202 Å². The van der Waals surface area contributed by atoms with Gasteiger partial charge in [0.15, 0.2) is 5.96 Å². The molecule has 0 saturated heterocycles. The topological polar surface area (TPSA) is 563 Å². The number of aliphatic hydroxyl groups excluding tert-OH is 2. The highest BCUT2D eigenvalue weighted by Gasteiger charge is 2.33. The molecular formula is C44H75N15O19. The van der Waals surface area contributed by atoms with Crippen molar-refractivity contribution in [2.24, 2.45) is 22.2 Å². The molecule has 34 heteroatoms. The molecule has 0 aromatic heterocycles. The summed E-state index contributed by atoms with van der Waals surface area (Å²) < 4.78 is 0. The van der Waals surface area contributed by atoms with Crippen LogP contribution in [0.25, 0.3) is 0 Å². The number of rotatable bonds is 39. The molecular weight excluding hydrogens is 1040 g/mol. The van der Waals surface area contributed by atoms with Crippen LogP contribution in [0.4, 0.5) is 0 Å². The lowest BCUT2D eigenvalue weighted by molar-refractivity contribution is -0.139. The second kappa shape index (κ2) is 36.7. The Morgan fingerprint density at radius 1 is 0.436 bits per heavy atom. The SMILES string of the molecule is CC[C@H](NC(=O)C(NC)[C@@H](C)O)C(=O)N[C@@H](CCCN=C(N)N)C(=O)NCC(=O)N[C@@H](CCC(=O)O)C(=O)NCC(=O)N[C@@H](CCC(=O)O)C(=O)NCC(=O)N[C@@H](CCC(=O)O)C(=O)N[C@@H](CC)C(=O)NC(C(N)=O)[C@@H](C)O. The summed E-state index contributed by atoms with van der Waals surface area (Å²) in [5.41, 5.74) is 15.9. The number of primary amides is 1. The number of aliphatic imine (C=N–C) groups is 1. The van der Waals surface area contributed by atoms with Gasteiger partial charge in [-0.05, 0) is 65.8 Å². The van der Waals surface area contributed by atoms with Crippen molar-refractivity contribution in [3.05, 3.63) is 0 Å². The zero-order valence-electron chi connectivity index (χ0n) is 43.8. The van der Waals surface area contributed by atoms with Gasteiger partial charge in [0.1, 0.15) is 48.3 Å². The Morgan fingerprint density at radius 3 is 1.08 bits per heavy atom. The van der Waals surface area contributed by atoms with Crippen molar-refractivity contribution in [1.82, 2.24) is 58.5 Å². The van der Waals surface area contributed by atoms with Crippen LogP contribution in [0.5, 0.6) is 0 Å². The van der Waals surface area contributed by atoms with Gasteiger partial charge in [0.25, 0.3) is 0 Å². The smallest absolute Gasteiger partial charge is 0.303 e. The van der Waals surface area contributed by atoms with Gasteiger partial charge < -0.3 is 101 Å². The minimum absolute atomic E-state index is 0.0213. The van der Waals surface area contributed by atoms with Crippen LogP contribution in [0.2, 0.25) is 0 Å². The Hall–Kier alpha value is -8.27. The molecule has 0 aliphatic heterocycles. The van der Waals surface area contributed by atoms with Gasteiger partial charge >= 0.3 is 17.9 Å². The van der Waals surface area contributed by atoms with Crippen LogP contribution in [-0.4, -0.2) is 208 Å². The molecule has 0 heterocycles. The molecule has 440 valence electrons. The minimum Gasteiger partial charge on any atom is -0.481 e. The first-order chi connectivity index (χ1) is 36.5. The van der Waals surface area contributed by atoms with Crippen LogP contribution in [0.1, 0.15) is 91.9 Å². The summed E-state index contributed by atoms with van der Waals surface area (Å²) >= 11 is 0. The third-order valence-corrected chi connectivity index (χ3v) is 11.0. The van der Waals surface area contributed by atoms with Crippen LogP contribution < -0.4 is 75.7 Å². The first kappa shape index (κ1) is 69.7. The summed E-state index contributed by atoms with van der Waals surface area (Å²) in [6.07, 6.45) is -6.32. The van der Waals surface area contributed by atoms with Crippen LogP contribution >= 0.6 is 0 Å². The molecule has 2 unspecified atom stereocenters. The average Bonchev–Trinajstić information content (AvgIpc) is 3.35. The van der Waals surface area contributed by atoms with Gasteiger partial charge in [-0.25, -0.2) is 0 Å². The number of carboxylic acid groups (broad SMARTS) is 3. The van der Waals surface area contributed by atoms with Crippen LogP contribution in [0.15, 0.2) is 4.99 Å². The fourth-order valence-electron chi connectivity index (χ4n) is 6.78. The number of hydrogen-bond donors (Lipinski definition) is 19. The molecule has 34 nitrogen and oxygen atoms in total. The summed E-state index contributed by atoms with van der Waals surface area (Å²) in [4.78, 5) is 180. The van der Waals surface area contributed by atoms with Crippen molar-refractivity contribution in [3.63, 3.8) is 0 Å². The summed E-state index contributed by atoms with van der Waals surface area (Å²) in [6.45, 7) is 2.81. The fraction of sp³-hybridized carbons (Fsp3) is 0.659. The molecule has 0 fully saturated rings. The molecule has 0 spiro atoms. The lowest BCUT2D eigenvalue weighted by Crippen LogP contribution is -2.58. The van der Waals surface area contributed by atoms with E-state index in [1.807, 2.05) is 0 Å². The summed E-state index contributed by atoms with van der Waals surface area (Å²) in [5.74, 6) is -15.6. The number of nitrogens with one attached hydrogen (secondary N) is 11. The molecule has 0 aliphatic rings. The number of likely N-dealkylation sites (N-methyl/N-ethyl adjacent to an activating group) is 1. The maximum Gasteiger partial charge on any atom is 0.303 e.